The van der Waals surface area contributed by atoms with Gasteiger partial charge < -0.3 is 18.3 Å². The summed E-state index contributed by atoms with van der Waals surface area (Å²) < 4.78 is 9.60. The third kappa shape index (κ3) is 14.5. The van der Waals surface area contributed by atoms with Crippen LogP contribution in [0.4, 0.5) is 0 Å². The number of hydrogen-bond donors (Lipinski definition) is 0. The number of nitrogens with zero attached hydrogens (tertiary/aromatic N) is 9. The molecule has 0 spiro atoms. The van der Waals surface area contributed by atoms with Crippen molar-refractivity contribution in [2.24, 2.45) is 0 Å². The second-order valence-corrected chi connectivity index (χ2v) is 34.6. The van der Waals surface area contributed by atoms with Gasteiger partial charge in [-0.1, -0.05) is 388 Å². The highest BCUT2D eigenvalue weighted by Gasteiger charge is 2.24. The lowest BCUT2D eigenvalue weighted by Gasteiger charge is -2.12. The van der Waals surface area contributed by atoms with Gasteiger partial charge in [0.05, 0.1) is 55.5 Å². The van der Waals surface area contributed by atoms with Crippen molar-refractivity contribution in [2.45, 2.75) is 0 Å². The van der Waals surface area contributed by atoms with Crippen LogP contribution in [0.15, 0.2) is 504 Å². The van der Waals surface area contributed by atoms with Crippen LogP contribution in [0.1, 0.15) is 0 Å². The summed E-state index contributed by atoms with van der Waals surface area (Å²) in [5.41, 5.74) is 35.3. The summed E-state index contributed by atoms with van der Waals surface area (Å²) in [7, 11) is 0. The monoisotopic (exact) mass is 1730 g/mol. The van der Waals surface area contributed by atoms with E-state index in [9.17, 15) is 0 Å². The smallest absolute Gasteiger partial charge is 0.164 e. The molecule has 0 aliphatic carbocycles. The molecule has 0 radical (unpaired) electrons. The molecule has 0 saturated carbocycles. The third-order valence-electron chi connectivity index (χ3n) is 26.5. The molecular formula is C127H83N9. The average molecular weight is 1740 g/mol. The van der Waals surface area contributed by atoms with Crippen LogP contribution in [0.5, 0.6) is 0 Å². The largest absolute Gasteiger partial charge is 0.309 e. The van der Waals surface area contributed by atoms with Crippen LogP contribution >= 0.6 is 0 Å². The van der Waals surface area contributed by atoms with Gasteiger partial charge in [0.2, 0.25) is 0 Å². The first kappa shape index (κ1) is 79.8. The van der Waals surface area contributed by atoms with Gasteiger partial charge in [-0.25, -0.2) is 24.9 Å². The van der Waals surface area contributed by atoms with Gasteiger partial charge in [0, 0.05) is 99.2 Å². The molecule has 9 heteroatoms. The Bertz CT molecular complexity index is 8530. The fraction of sp³-hybridized carbons (Fsp3) is 0. The second kappa shape index (κ2) is 34.2. The number of fused-ring (bicyclic) bond motifs is 12. The van der Waals surface area contributed by atoms with Crippen LogP contribution in [0, 0.1) is 0 Å². The Labute approximate surface area is 786 Å². The van der Waals surface area contributed by atoms with Gasteiger partial charge in [-0.2, -0.15) is 0 Å². The number of aromatic nitrogens is 9. The average Bonchev–Trinajstić information content (AvgIpc) is 1.51. The molecule has 0 bridgehead atoms. The normalized spacial score (nSPS) is 11.5. The van der Waals surface area contributed by atoms with E-state index >= 15 is 0 Å². The predicted molar refractivity (Wildman–Crippen MR) is 564 cm³/mol. The number of para-hydroxylation sites is 6. The van der Waals surface area contributed by atoms with E-state index in [0.717, 1.165) is 129 Å². The maximum Gasteiger partial charge on any atom is 0.164 e. The molecule has 0 atom stereocenters. The van der Waals surface area contributed by atoms with E-state index in [2.05, 4.69) is 473 Å². The minimum absolute atomic E-state index is 0.622. The molecule has 0 fully saturated rings. The Kier molecular flexibility index (Phi) is 20.1. The zero-order chi connectivity index (χ0) is 89.9. The van der Waals surface area contributed by atoms with Gasteiger partial charge in [0.15, 0.2) is 23.3 Å². The van der Waals surface area contributed by atoms with Crippen LogP contribution in [-0.2, 0) is 0 Å². The van der Waals surface area contributed by atoms with Crippen LogP contribution < -0.4 is 0 Å². The lowest BCUT2D eigenvalue weighted by Crippen LogP contribution is -2.00. The van der Waals surface area contributed by atoms with Gasteiger partial charge in [0.1, 0.15) is 0 Å². The maximum absolute atomic E-state index is 5.26. The molecule has 26 rings (SSSR count). The van der Waals surface area contributed by atoms with Crippen molar-refractivity contribution in [1.29, 1.82) is 0 Å². The van der Waals surface area contributed by atoms with Crippen LogP contribution in [0.3, 0.4) is 0 Å². The van der Waals surface area contributed by atoms with Gasteiger partial charge in [-0.05, 0) is 182 Å². The summed E-state index contributed by atoms with van der Waals surface area (Å²) in [5, 5.41) is 9.77. The topological polar surface area (TPSA) is 84.2 Å². The SMILES string of the molecule is c1ccc(-c2ccc(-c3cc(-c4ccccc4)nc(-c4cccc(-c5cccc6c5c5ccccc5n6-c5cccc(-c6ccc7c8ccccc8n(-c8ccccc8)c7c6)c5)c4)n3)cc2)cc1.c1ccc(-c2ccc(-c3nc(-c4ccccc4)nc(-c4cccc(-c5cccc6c5c5ccccc5n6-c5cccc(-c6ccc7c8ccccc8n(-c8ccccc8)c7c6)c5)c4)n3)cc2)cc1. The Balaban J connectivity index is 0.000000145. The number of hydrogen-bond acceptors (Lipinski definition) is 5. The van der Waals surface area contributed by atoms with Crippen molar-refractivity contribution >= 4 is 87.2 Å². The summed E-state index contributed by atoms with van der Waals surface area (Å²) in [6, 6.07) is 179. The van der Waals surface area contributed by atoms with Crippen LogP contribution in [0.2, 0.25) is 0 Å². The molecule has 0 saturated heterocycles. The Hall–Kier alpha value is -18.3. The predicted octanol–water partition coefficient (Wildman–Crippen LogP) is 32.7. The van der Waals surface area contributed by atoms with Crippen molar-refractivity contribution in [3.05, 3.63) is 504 Å². The van der Waals surface area contributed by atoms with E-state index in [1.165, 1.54) is 93.0 Å². The van der Waals surface area contributed by atoms with Gasteiger partial charge in [-0.15, -0.1) is 0 Å². The van der Waals surface area contributed by atoms with E-state index < -0.39 is 0 Å². The molecule has 6 heterocycles. The summed E-state index contributed by atoms with van der Waals surface area (Å²) in [5.74, 6) is 2.57. The quantitative estimate of drug-likeness (QED) is 0.0962. The van der Waals surface area contributed by atoms with Gasteiger partial charge >= 0.3 is 0 Å². The molecule has 26 aromatic rings. The molecule has 0 amide bonds. The first-order valence-corrected chi connectivity index (χ1v) is 46.2. The van der Waals surface area contributed by atoms with Crippen molar-refractivity contribution in [3.8, 4) is 158 Å². The molecule has 6 aromatic heterocycles. The summed E-state index contributed by atoms with van der Waals surface area (Å²) in [4.78, 5) is 25.8. The molecular weight excluding hydrogens is 1650 g/mol. The lowest BCUT2D eigenvalue weighted by molar-refractivity contribution is 1.07. The number of rotatable bonds is 16. The minimum atomic E-state index is 0.622. The van der Waals surface area contributed by atoms with Crippen molar-refractivity contribution in [3.63, 3.8) is 0 Å². The second-order valence-electron chi connectivity index (χ2n) is 34.6. The van der Waals surface area contributed by atoms with Crippen molar-refractivity contribution in [1.82, 2.24) is 43.2 Å². The van der Waals surface area contributed by atoms with E-state index in [1.807, 2.05) is 48.5 Å². The summed E-state index contributed by atoms with van der Waals surface area (Å²) >= 11 is 0. The molecule has 0 aliphatic heterocycles. The molecule has 0 N–H and O–H groups in total. The fourth-order valence-electron chi connectivity index (χ4n) is 20.1. The maximum atomic E-state index is 5.26. The third-order valence-corrected chi connectivity index (χ3v) is 26.5. The van der Waals surface area contributed by atoms with Crippen molar-refractivity contribution in [2.75, 3.05) is 0 Å². The molecule has 20 aromatic carbocycles. The Morgan fingerprint density at radius 1 is 0.125 bits per heavy atom. The van der Waals surface area contributed by atoms with E-state index in [4.69, 9.17) is 24.9 Å². The summed E-state index contributed by atoms with van der Waals surface area (Å²) in [6.45, 7) is 0. The molecule has 0 unspecified atom stereocenters. The zero-order valence-electron chi connectivity index (χ0n) is 73.9. The van der Waals surface area contributed by atoms with Crippen LogP contribution in [-0.4, -0.2) is 43.2 Å². The van der Waals surface area contributed by atoms with E-state index in [0.29, 0.717) is 23.3 Å². The highest BCUT2D eigenvalue weighted by molar-refractivity contribution is 6.18. The van der Waals surface area contributed by atoms with Crippen LogP contribution in [0.25, 0.3) is 245 Å². The Morgan fingerprint density at radius 3 is 0.809 bits per heavy atom. The zero-order valence-corrected chi connectivity index (χ0v) is 73.9. The Morgan fingerprint density at radius 2 is 0.375 bits per heavy atom. The first-order valence-electron chi connectivity index (χ1n) is 46.2. The standard InChI is InChI=1S/C64H42N4.C63H41N5/c1-4-17-43(18-5-1)44-33-35-46(36-34-44)58-42-57(45-19-6-2-7-20-45)65-64(66-58)50-23-14-22-49(39-50)53-29-16-32-61-63(53)56-28-11-13-31-60(56)68(61)52-26-15-21-47(40-52)48-37-38-55-54-27-10-12-30-59(54)67(62(55)41-48)51-24-8-3-9-25-51;1-4-17-42(18-5-1)43-33-35-45(36-34-43)62-64-61(44-19-6-2-7-20-44)65-63(66-62)49-23-14-22-48(39-49)52-29-16-32-58-60(52)55-28-11-13-31-57(55)68(58)51-26-15-21-46(40-51)47-37-38-54-53-27-10-12-30-56(53)67(59(54)41-47)50-24-8-3-9-25-50/h1-42H;1-41H. The lowest BCUT2D eigenvalue weighted by atomic mass is 9.97. The van der Waals surface area contributed by atoms with Gasteiger partial charge in [-0.3, -0.25) is 0 Å². The molecule has 136 heavy (non-hydrogen) atoms. The molecule has 0 aliphatic rings. The molecule has 9 nitrogen and oxygen atoms in total. The fourth-order valence-corrected chi connectivity index (χ4v) is 20.1. The molecule has 636 valence electrons. The van der Waals surface area contributed by atoms with Crippen molar-refractivity contribution < 1.29 is 0 Å². The highest BCUT2D eigenvalue weighted by Crippen LogP contribution is 2.46. The highest BCUT2D eigenvalue weighted by atomic mass is 15.0. The van der Waals surface area contributed by atoms with E-state index in [1.54, 1.807) is 0 Å². The minimum Gasteiger partial charge on any atom is -0.309 e. The first-order chi connectivity index (χ1) is 67.4. The number of benzene rings is 20. The van der Waals surface area contributed by atoms with Gasteiger partial charge in [0.25, 0.3) is 0 Å². The summed E-state index contributed by atoms with van der Waals surface area (Å²) in [6.07, 6.45) is 0. The van der Waals surface area contributed by atoms with E-state index in [-0.39, 0.29) is 0 Å².